The van der Waals surface area contributed by atoms with E-state index in [0.717, 1.165) is 37.0 Å². The van der Waals surface area contributed by atoms with Crippen LogP contribution < -0.4 is 10.6 Å². The third-order valence-electron chi connectivity index (χ3n) is 6.00. The summed E-state index contributed by atoms with van der Waals surface area (Å²) in [5.74, 6) is 1.05. The van der Waals surface area contributed by atoms with Crippen LogP contribution in [0, 0.1) is 0 Å². The highest BCUT2D eigenvalue weighted by atomic mass is 127. The van der Waals surface area contributed by atoms with E-state index in [1.54, 1.807) is 7.05 Å². The highest BCUT2D eigenvalue weighted by Crippen LogP contribution is 2.41. The number of hydrogen-bond donors (Lipinski definition) is 2. The summed E-state index contributed by atoms with van der Waals surface area (Å²) < 4.78 is 0. The second-order valence-corrected chi connectivity index (χ2v) is 8.18. The van der Waals surface area contributed by atoms with Crippen LogP contribution in [0.3, 0.4) is 0 Å². The Labute approximate surface area is 190 Å². The fourth-order valence-electron chi connectivity index (χ4n) is 4.41. The minimum absolute atomic E-state index is 0. The lowest BCUT2D eigenvalue weighted by Crippen LogP contribution is -2.48. The third kappa shape index (κ3) is 5.53. The van der Waals surface area contributed by atoms with Crippen LogP contribution >= 0.6 is 35.6 Å². The fraction of sp³-hybridized carbons (Fsp3) is 0.619. The molecule has 0 aromatic heterocycles. The van der Waals surface area contributed by atoms with Crippen LogP contribution in [0.5, 0.6) is 0 Å². The van der Waals surface area contributed by atoms with Gasteiger partial charge in [0.25, 0.3) is 0 Å². The van der Waals surface area contributed by atoms with Crippen molar-refractivity contribution < 1.29 is 4.79 Å². The topological polar surface area (TPSA) is 56.7 Å². The van der Waals surface area contributed by atoms with Crippen LogP contribution in [-0.2, 0) is 10.2 Å². The van der Waals surface area contributed by atoms with Gasteiger partial charge in [-0.15, -0.1) is 24.0 Å². The number of nitrogens with zero attached hydrogens (tertiary/aromatic N) is 2. The molecule has 1 unspecified atom stereocenters. The van der Waals surface area contributed by atoms with E-state index in [0.29, 0.717) is 6.42 Å². The minimum Gasteiger partial charge on any atom is -0.356 e. The van der Waals surface area contributed by atoms with Gasteiger partial charge < -0.3 is 15.5 Å². The number of aliphatic imine (C=N–C) groups is 1. The summed E-state index contributed by atoms with van der Waals surface area (Å²) in [7, 11) is 1.81. The van der Waals surface area contributed by atoms with E-state index < -0.39 is 0 Å². The van der Waals surface area contributed by atoms with Gasteiger partial charge in [-0.3, -0.25) is 9.79 Å². The highest BCUT2D eigenvalue weighted by molar-refractivity contribution is 14.0. The van der Waals surface area contributed by atoms with Crippen molar-refractivity contribution in [1.29, 1.82) is 0 Å². The number of amides is 1. The Bertz CT molecular complexity index is 691. The standard InChI is InChI=1S/C21H31ClN4O.HI/c1-3-19(27)26-12-9-18(14-26)25-20(23-2)24-15-21(10-4-5-11-21)16-7-6-8-17(22)13-16;/h6-8,13,18H,3-5,9-12,14-15H2,1-2H3,(H2,23,24,25);1H. The second kappa shape index (κ2) is 10.7. The van der Waals surface area contributed by atoms with Gasteiger partial charge >= 0.3 is 0 Å². The van der Waals surface area contributed by atoms with Crippen molar-refractivity contribution >= 4 is 47.4 Å². The Hall–Kier alpha value is -1.02. The highest BCUT2D eigenvalue weighted by Gasteiger charge is 2.36. The molecule has 5 nitrogen and oxygen atoms in total. The molecular formula is C21H32ClIN4O. The third-order valence-corrected chi connectivity index (χ3v) is 6.23. The lowest BCUT2D eigenvalue weighted by molar-refractivity contribution is -0.129. The van der Waals surface area contributed by atoms with Gasteiger partial charge in [-0.2, -0.15) is 0 Å². The molecule has 1 heterocycles. The lowest BCUT2D eigenvalue weighted by atomic mass is 9.79. The van der Waals surface area contributed by atoms with Crippen LogP contribution in [0.4, 0.5) is 0 Å². The molecule has 2 fully saturated rings. The summed E-state index contributed by atoms with van der Waals surface area (Å²) in [4.78, 5) is 18.2. The van der Waals surface area contributed by atoms with Crippen molar-refractivity contribution in [3.63, 3.8) is 0 Å². The average Bonchev–Trinajstić information content (AvgIpc) is 3.35. The van der Waals surface area contributed by atoms with Gasteiger partial charge in [0.2, 0.25) is 5.91 Å². The molecule has 1 aromatic rings. The first kappa shape index (κ1) is 23.3. The van der Waals surface area contributed by atoms with Crippen LogP contribution in [0.2, 0.25) is 5.02 Å². The Morgan fingerprint density at radius 1 is 1.36 bits per heavy atom. The van der Waals surface area contributed by atoms with Gasteiger partial charge in [-0.25, -0.2) is 0 Å². The van der Waals surface area contributed by atoms with Crippen LogP contribution in [-0.4, -0.2) is 49.5 Å². The maximum absolute atomic E-state index is 11.9. The van der Waals surface area contributed by atoms with Crippen molar-refractivity contribution in [3.05, 3.63) is 34.9 Å². The molecule has 7 heteroatoms. The average molecular weight is 519 g/mol. The van der Waals surface area contributed by atoms with Crippen LogP contribution in [0.15, 0.2) is 29.3 Å². The van der Waals surface area contributed by atoms with Crippen LogP contribution in [0.25, 0.3) is 0 Å². The number of guanidine groups is 1. The SMILES string of the molecule is CCC(=O)N1CCC(NC(=NC)NCC2(c3cccc(Cl)c3)CCCC2)C1.I. The molecule has 156 valence electrons. The Kier molecular flexibility index (Phi) is 8.86. The van der Waals surface area contributed by atoms with Crippen molar-refractivity contribution in [2.45, 2.75) is 56.9 Å². The van der Waals surface area contributed by atoms with Gasteiger partial charge in [0.1, 0.15) is 0 Å². The first-order valence-corrected chi connectivity index (χ1v) is 10.4. The van der Waals surface area contributed by atoms with Crippen molar-refractivity contribution in [2.24, 2.45) is 4.99 Å². The number of carbonyl (C=O) groups is 1. The number of likely N-dealkylation sites (tertiary alicyclic amines) is 1. The minimum atomic E-state index is 0. The first-order valence-electron chi connectivity index (χ1n) is 10.1. The number of carbonyl (C=O) groups excluding carboxylic acids is 1. The Morgan fingerprint density at radius 2 is 2.11 bits per heavy atom. The molecule has 1 saturated heterocycles. The molecule has 0 spiro atoms. The first-order chi connectivity index (χ1) is 13.1. The zero-order valence-electron chi connectivity index (χ0n) is 16.8. The largest absolute Gasteiger partial charge is 0.356 e. The summed E-state index contributed by atoms with van der Waals surface area (Å²) in [5.41, 5.74) is 1.43. The summed E-state index contributed by atoms with van der Waals surface area (Å²) in [6, 6.07) is 8.54. The molecule has 3 rings (SSSR count). The zero-order chi connectivity index (χ0) is 19.3. The molecule has 1 aliphatic heterocycles. The van der Waals surface area contributed by atoms with Crippen molar-refractivity contribution in [3.8, 4) is 0 Å². The van der Waals surface area contributed by atoms with E-state index in [9.17, 15) is 4.79 Å². The van der Waals surface area contributed by atoms with Gasteiger partial charge in [-0.05, 0) is 37.0 Å². The smallest absolute Gasteiger partial charge is 0.222 e. The molecule has 2 N–H and O–H groups in total. The summed E-state index contributed by atoms with van der Waals surface area (Å²) >= 11 is 6.25. The number of rotatable bonds is 5. The summed E-state index contributed by atoms with van der Waals surface area (Å²) in [6.07, 6.45) is 6.36. The van der Waals surface area contributed by atoms with Crippen molar-refractivity contribution in [1.82, 2.24) is 15.5 Å². The normalized spacial score (nSPS) is 21.3. The molecular weight excluding hydrogens is 487 g/mol. The molecule has 1 aliphatic carbocycles. The van der Waals surface area contributed by atoms with Gasteiger partial charge in [-0.1, -0.05) is 43.5 Å². The van der Waals surface area contributed by atoms with Gasteiger partial charge in [0.15, 0.2) is 5.96 Å². The monoisotopic (exact) mass is 518 g/mol. The number of hydrogen-bond acceptors (Lipinski definition) is 2. The molecule has 1 amide bonds. The van der Waals surface area contributed by atoms with Gasteiger partial charge in [0, 0.05) is 49.6 Å². The second-order valence-electron chi connectivity index (χ2n) is 7.75. The number of halogens is 2. The molecule has 0 radical (unpaired) electrons. The number of nitrogens with one attached hydrogen (secondary N) is 2. The lowest BCUT2D eigenvalue weighted by Gasteiger charge is -2.31. The number of benzene rings is 1. The molecule has 1 atom stereocenters. The zero-order valence-corrected chi connectivity index (χ0v) is 19.9. The van der Waals surface area contributed by atoms with E-state index in [-0.39, 0.29) is 41.3 Å². The maximum Gasteiger partial charge on any atom is 0.222 e. The van der Waals surface area contributed by atoms with E-state index in [1.165, 1.54) is 31.2 Å². The Morgan fingerprint density at radius 3 is 2.75 bits per heavy atom. The van der Waals surface area contributed by atoms with E-state index in [4.69, 9.17) is 11.6 Å². The summed E-state index contributed by atoms with van der Waals surface area (Å²) in [5, 5.41) is 7.84. The predicted molar refractivity (Wildman–Crippen MR) is 127 cm³/mol. The van der Waals surface area contributed by atoms with Crippen LogP contribution in [0.1, 0.15) is 51.0 Å². The van der Waals surface area contributed by atoms with Gasteiger partial charge in [0.05, 0.1) is 0 Å². The summed E-state index contributed by atoms with van der Waals surface area (Å²) in [6.45, 7) is 4.35. The maximum atomic E-state index is 11.9. The van der Waals surface area contributed by atoms with E-state index in [1.807, 2.05) is 24.0 Å². The molecule has 28 heavy (non-hydrogen) atoms. The predicted octanol–water partition coefficient (Wildman–Crippen LogP) is 3.95. The quantitative estimate of drug-likeness (QED) is 0.353. The molecule has 2 aliphatic rings. The Balaban J connectivity index is 0.00000280. The molecule has 0 bridgehead atoms. The molecule has 1 saturated carbocycles. The molecule has 1 aromatic carbocycles. The van der Waals surface area contributed by atoms with Crippen molar-refractivity contribution in [2.75, 3.05) is 26.7 Å². The fourth-order valence-corrected chi connectivity index (χ4v) is 4.60. The van der Waals surface area contributed by atoms with E-state index in [2.05, 4.69) is 27.8 Å². The van der Waals surface area contributed by atoms with E-state index >= 15 is 0 Å².